The van der Waals surface area contributed by atoms with E-state index in [0.717, 1.165) is 11.2 Å². The summed E-state index contributed by atoms with van der Waals surface area (Å²) < 4.78 is 34.9. The highest BCUT2D eigenvalue weighted by molar-refractivity contribution is 7.90. The van der Waals surface area contributed by atoms with E-state index in [-0.39, 0.29) is 28.4 Å². The maximum absolute atomic E-state index is 13.0. The minimum absolute atomic E-state index is 0.0644. The first-order valence-corrected chi connectivity index (χ1v) is 10.9. The van der Waals surface area contributed by atoms with Crippen molar-refractivity contribution in [3.63, 3.8) is 0 Å². The average molecular weight is 419 g/mol. The SMILES string of the molecule is CCOc1nc([C@@H](CS(C)(=O)=O)N2C(=O)c3cccc(N)c3C2=O)ccc1OC. The number of nitrogens with zero attached hydrogens (tertiary/aromatic N) is 2. The molecule has 0 fully saturated rings. The minimum atomic E-state index is -3.58. The van der Waals surface area contributed by atoms with Crippen LogP contribution in [-0.2, 0) is 9.84 Å². The van der Waals surface area contributed by atoms with Gasteiger partial charge in [-0.15, -0.1) is 0 Å². The number of carbonyl (C=O) groups is 2. The number of rotatable bonds is 7. The van der Waals surface area contributed by atoms with E-state index in [9.17, 15) is 18.0 Å². The molecule has 9 nitrogen and oxygen atoms in total. The predicted molar refractivity (Wildman–Crippen MR) is 106 cm³/mol. The van der Waals surface area contributed by atoms with Gasteiger partial charge in [-0.1, -0.05) is 6.07 Å². The molecule has 3 rings (SSSR count). The Hall–Kier alpha value is -3.14. The second kappa shape index (κ2) is 7.70. The zero-order valence-electron chi connectivity index (χ0n) is 16.2. The van der Waals surface area contributed by atoms with Crippen LogP contribution in [0.3, 0.4) is 0 Å². The van der Waals surface area contributed by atoms with Crippen molar-refractivity contribution >= 4 is 27.3 Å². The van der Waals surface area contributed by atoms with Gasteiger partial charge < -0.3 is 15.2 Å². The fraction of sp³-hybridized carbons (Fsp3) is 0.316. The standard InChI is InChI=1S/C19H21N3O6S/c1-4-28-17-15(27-2)9-8-13(21-17)14(10-29(3,25)26)22-18(23)11-6-5-7-12(20)16(11)19(22)24/h5-9,14H,4,10,20H2,1-3H3/t14-/m1/s1. The summed E-state index contributed by atoms with van der Waals surface area (Å²) in [4.78, 5) is 31.2. The quantitative estimate of drug-likeness (QED) is 0.527. The number of sulfone groups is 1. The van der Waals surface area contributed by atoms with E-state index in [0.29, 0.717) is 12.4 Å². The molecule has 2 heterocycles. The molecule has 0 spiro atoms. The fourth-order valence-corrected chi connectivity index (χ4v) is 4.11. The number of aromatic nitrogens is 1. The molecule has 1 aliphatic rings. The molecule has 0 saturated heterocycles. The van der Waals surface area contributed by atoms with Crippen molar-refractivity contribution in [3.05, 3.63) is 47.2 Å². The molecule has 2 N–H and O–H groups in total. The third-order valence-corrected chi connectivity index (χ3v) is 5.36. The van der Waals surface area contributed by atoms with Crippen LogP contribution >= 0.6 is 0 Å². The van der Waals surface area contributed by atoms with Gasteiger partial charge in [-0.2, -0.15) is 0 Å². The fourth-order valence-electron chi connectivity index (χ4n) is 3.21. The number of fused-ring (bicyclic) bond motifs is 1. The lowest BCUT2D eigenvalue weighted by Gasteiger charge is -2.25. The molecular weight excluding hydrogens is 398 g/mol. The van der Waals surface area contributed by atoms with Gasteiger partial charge in [-0.3, -0.25) is 14.5 Å². The zero-order chi connectivity index (χ0) is 21.3. The van der Waals surface area contributed by atoms with E-state index in [1.165, 1.54) is 25.3 Å². The summed E-state index contributed by atoms with van der Waals surface area (Å²) in [6.45, 7) is 2.06. The number of nitrogen functional groups attached to an aromatic ring is 1. The lowest BCUT2D eigenvalue weighted by Crippen LogP contribution is -2.38. The molecule has 2 aromatic rings. The van der Waals surface area contributed by atoms with E-state index in [2.05, 4.69) is 4.98 Å². The van der Waals surface area contributed by atoms with Crippen molar-refractivity contribution in [2.45, 2.75) is 13.0 Å². The second-order valence-electron chi connectivity index (χ2n) is 6.53. The lowest BCUT2D eigenvalue weighted by atomic mass is 10.1. The van der Waals surface area contributed by atoms with Crippen LogP contribution in [0.4, 0.5) is 5.69 Å². The molecule has 0 radical (unpaired) electrons. The monoisotopic (exact) mass is 419 g/mol. The molecule has 0 unspecified atom stereocenters. The van der Waals surface area contributed by atoms with Crippen LogP contribution in [0, 0.1) is 0 Å². The molecule has 0 aliphatic carbocycles. The highest BCUT2D eigenvalue weighted by Crippen LogP contribution is 2.36. The first-order chi connectivity index (χ1) is 13.7. The largest absolute Gasteiger partial charge is 0.491 e. The van der Waals surface area contributed by atoms with Crippen LogP contribution in [0.1, 0.15) is 39.4 Å². The molecule has 0 saturated carbocycles. The van der Waals surface area contributed by atoms with Gasteiger partial charge in [0.2, 0.25) is 0 Å². The van der Waals surface area contributed by atoms with Gasteiger partial charge in [0.25, 0.3) is 17.7 Å². The van der Waals surface area contributed by atoms with Crippen LogP contribution < -0.4 is 15.2 Å². The molecule has 1 aliphatic heterocycles. The first-order valence-electron chi connectivity index (χ1n) is 8.79. The van der Waals surface area contributed by atoms with Gasteiger partial charge in [-0.25, -0.2) is 13.4 Å². The molecule has 0 bridgehead atoms. The second-order valence-corrected chi connectivity index (χ2v) is 8.72. The average Bonchev–Trinajstić information content (AvgIpc) is 2.91. The zero-order valence-corrected chi connectivity index (χ0v) is 17.0. The van der Waals surface area contributed by atoms with Gasteiger partial charge in [-0.05, 0) is 31.2 Å². The maximum atomic E-state index is 13.0. The van der Waals surface area contributed by atoms with Crippen molar-refractivity contribution in [1.82, 2.24) is 9.88 Å². The Morgan fingerprint density at radius 3 is 2.48 bits per heavy atom. The van der Waals surface area contributed by atoms with E-state index in [1.807, 2.05) is 0 Å². The number of hydrogen-bond donors (Lipinski definition) is 1. The van der Waals surface area contributed by atoms with Crippen molar-refractivity contribution in [2.24, 2.45) is 0 Å². The number of benzene rings is 1. The van der Waals surface area contributed by atoms with Crippen LogP contribution in [0.15, 0.2) is 30.3 Å². The molecule has 1 aromatic heterocycles. The Kier molecular flexibility index (Phi) is 5.47. The number of methoxy groups -OCH3 is 1. The molecule has 2 amide bonds. The normalized spacial score (nSPS) is 14.7. The van der Waals surface area contributed by atoms with Gasteiger partial charge in [0.05, 0.1) is 42.3 Å². The first kappa shape index (κ1) is 20.6. The van der Waals surface area contributed by atoms with Gasteiger partial charge >= 0.3 is 0 Å². The molecule has 10 heteroatoms. The molecule has 154 valence electrons. The summed E-state index contributed by atoms with van der Waals surface area (Å²) in [6, 6.07) is 6.46. The highest BCUT2D eigenvalue weighted by Gasteiger charge is 2.43. The van der Waals surface area contributed by atoms with Gasteiger partial charge in [0, 0.05) is 11.9 Å². The van der Waals surface area contributed by atoms with E-state index >= 15 is 0 Å². The van der Waals surface area contributed by atoms with E-state index < -0.39 is 33.4 Å². The number of nitrogens with two attached hydrogens (primary N) is 1. The Balaban J connectivity index is 2.13. The molecular formula is C19H21N3O6S. The van der Waals surface area contributed by atoms with E-state index in [4.69, 9.17) is 15.2 Å². The number of hydrogen-bond acceptors (Lipinski definition) is 8. The third kappa shape index (κ3) is 3.88. The Labute approximate surface area is 168 Å². The number of anilines is 1. The molecule has 29 heavy (non-hydrogen) atoms. The van der Waals surface area contributed by atoms with Crippen LogP contribution in [0.2, 0.25) is 0 Å². The number of amides is 2. The number of imide groups is 1. The van der Waals surface area contributed by atoms with Crippen molar-refractivity contribution in [2.75, 3.05) is 31.5 Å². The third-order valence-electron chi connectivity index (χ3n) is 4.44. The predicted octanol–water partition coefficient (Wildman–Crippen LogP) is 1.45. The summed E-state index contributed by atoms with van der Waals surface area (Å²) in [5.74, 6) is -1.29. The maximum Gasteiger partial charge on any atom is 0.264 e. The molecule has 1 aromatic carbocycles. The van der Waals surface area contributed by atoms with Crippen molar-refractivity contribution < 1.29 is 27.5 Å². The lowest BCUT2D eigenvalue weighted by molar-refractivity contribution is 0.0594. The van der Waals surface area contributed by atoms with Crippen molar-refractivity contribution in [3.8, 4) is 11.6 Å². The van der Waals surface area contributed by atoms with E-state index in [1.54, 1.807) is 19.1 Å². The van der Waals surface area contributed by atoms with Gasteiger partial charge in [0.1, 0.15) is 9.84 Å². The summed E-state index contributed by atoms with van der Waals surface area (Å²) in [6.07, 6.45) is 1.03. The Morgan fingerprint density at radius 2 is 1.90 bits per heavy atom. The number of carbonyl (C=O) groups excluding carboxylic acids is 2. The molecule has 1 atom stereocenters. The Bertz CT molecular complexity index is 1080. The van der Waals surface area contributed by atoms with Crippen molar-refractivity contribution in [1.29, 1.82) is 0 Å². The number of pyridine rings is 1. The minimum Gasteiger partial charge on any atom is -0.491 e. The summed E-state index contributed by atoms with van der Waals surface area (Å²) >= 11 is 0. The highest BCUT2D eigenvalue weighted by atomic mass is 32.2. The Morgan fingerprint density at radius 1 is 1.17 bits per heavy atom. The summed E-state index contributed by atoms with van der Waals surface area (Å²) in [5.41, 5.74) is 6.42. The topological polar surface area (TPSA) is 129 Å². The number of ether oxygens (including phenoxy) is 2. The summed E-state index contributed by atoms with van der Waals surface area (Å²) in [7, 11) is -2.14. The van der Waals surface area contributed by atoms with Crippen LogP contribution in [0.25, 0.3) is 0 Å². The summed E-state index contributed by atoms with van der Waals surface area (Å²) in [5, 5.41) is 0. The van der Waals surface area contributed by atoms with Crippen LogP contribution in [-0.4, -0.2) is 55.8 Å². The van der Waals surface area contributed by atoms with Crippen LogP contribution in [0.5, 0.6) is 11.6 Å². The van der Waals surface area contributed by atoms with Gasteiger partial charge in [0.15, 0.2) is 5.75 Å². The smallest absolute Gasteiger partial charge is 0.264 e.